The summed E-state index contributed by atoms with van der Waals surface area (Å²) >= 11 is 22.7. The highest BCUT2D eigenvalue weighted by molar-refractivity contribution is 7.99. The van der Waals surface area contributed by atoms with Crippen LogP contribution < -0.4 is 59.8 Å². The van der Waals surface area contributed by atoms with Gasteiger partial charge in [-0.25, -0.2) is 69.1 Å². The van der Waals surface area contributed by atoms with Crippen LogP contribution >= 0.6 is 81.9 Å². The zero-order valence-electron chi connectivity index (χ0n) is 72.4. The molecule has 0 saturated heterocycles. The minimum atomic E-state index is -3.55. The summed E-state index contributed by atoms with van der Waals surface area (Å²) in [7, 11) is 0.0422. The molecule has 660 valence electrons. The third-order valence-electron chi connectivity index (χ3n) is 14.1. The monoisotopic (exact) mass is 1850 g/mol. The molecule has 9 heterocycles. The molecular weight excluding hydrogens is 1750 g/mol. The first kappa shape index (κ1) is 105. The van der Waals surface area contributed by atoms with Crippen LogP contribution in [0.25, 0.3) is 17.5 Å². The first-order valence-electron chi connectivity index (χ1n) is 38.0. The zero-order chi connectivity index (χ0) is 92.4. The van der Waals surface area contributed by atoms with Gasteiger partial charge in [-0.05, 0) is 113 Å². The topological polar surface area (TPSA) is 503 Å². The Morgan fingerprint density at radius 1 is 0.424 bits per heavy atom. The standard InChI is InChI=1S/C14H15N7O2S.C14H15N7S.C14H15N7.C14H10N2O.C6H8ClN3S.C6H11N5S.C5H4Cl2N2S.4C2H6/c1-9-8-11(18-14(16-9)24(2,22)23)21-12(15)19-13(20-21)17-10-6-4-3-5-7-10;1-9-8-11(18-14(16-9)22-2)21-12(15)19-13(20-21)17-10-6-4-3-5-7-10;1-9-8-12(17-10(2)16-9)21-13(15)19-14(20-21)18-11-6-4-3-5-7-11;15-11-16-14(12-7-3-1-4-8-12)17-13-9-5-2-6-10-13;1-8-5-3-4(7)9-6(10-5)11-2;1-8-4-3-5(11-7)10-6(9-4)12-2;1-10-5-8-3(6)2-4(7)9-5;4*1-2/h3-8H,1-2H3,(H3,15,17,19,20);3-8H,1-2H3,(H3,15,17,19,20);3-8H,1-2H3,(H3,15,18,19,20);1-10H;3H,1-2H3,(H,8,9,10);3H,7H2,1-2H3,(H2,8,9,10,11);2H,1H3;4*1-2H3. The fraction of sp³-hybridized carbons (Fsp3) is 0.235. The second kappa shape index (κ2) is 56.9. The van der Waals surface area contributed by atoms with Crippen molar-refractivity contribution in [3.63, 3.8) is 0 Å². The van der Waals surface area contributed by atoms with Crippen LogP contribution in [-0.4, -0.2) is 164 Å². The number of nitrogens with one attached hydrogen (secondary N) is 6. The van der Waals surface area contributed by atoms with Crippen molar-refractivity contribution < 1.29 is 13.2 Å². The van der Waals surface area contributed by atoms with E-state index in [1.54, 1.807) is 45.4 Å². The molecule has 0 amide bonds. The summed E-state index contributed by atoms with van der Waals surface area (Å²) in [5.41, 5.74) is 25.8. The van der Waals surface area contributed by atoms with Gasteiger partial charge in [-0.15, -0.1) is 20.3 Å². The van der Waals surface area contributed by atoms with Gasteiger partial charge in [0.1, 0.15) is 44.5 Å². The molecule has 0 fully saturated rings. The number of rotatable bonds is 19. The van der Waals surface area contributed by atoms with E-state index in [1.807, 2.05) is 265 Å². The Balaban J connectivity index is 0.000000307. The lowest BCUT2D eigenvalue weighted by Crippen LogP contribution is -2.11. The Bertz CT molecular complexity index is 5600. The number of nitrogens with zero attached hydrogens (tertiary/aromatic N) is 23. The maximum atomic E-state index is 11.7. The maximum absolute atomic E-state index is 11.7. The highest BCUT2D eigenvalue weighted by Gasteiger charge is 2.19. The van der Waals surface area contributed by atoms with Crippen LogP contribution in [0.5, 0.6) is 5.75 Å². The average molecular weight is 1850 g/mol. The van der Waals surface area contributed by atoms with E-state index in [-0.39, 0.29) is 34.8 Å². The molecule has 0 atom stereocenters. The largest absolute Gasteiger partial charge is 0.438 e. The summed E-state index contributed by atoms with van der Waals surface area (Å²) in [6.07, 6.45) is 10.4. The molecule has 44 heteroatoms. The van der Waals surface area contributed by atoms with Crippen LogP contribution in [0.4, 0.5) is 70.2 Å². The SMILES string of the molecule is CC.CC.CC.CC.CNc1cc(Cl)nc(SC)n1.CNc1cc(NN)nc(SC)n1.CSc1nc(C)cc(-n2nc(Nc3ccccc3)nc2N)n1.CSc1nc(Cl)cc(Cl)n1.Cc1cc(-n2nc(Nc3ccccc3)nc2N)nc(C)n1.Cc1cc(-n2nc(Nc3ccccc3)nc2N)nc(S(C)(=O)=O)n1.N#CN=C(Oc1ccccc1)c1ccccc1. The van der Waals surface area contributed by atoms with Crippen LogP contribution in [0.15, 0.2) is 219 Å². The van der Waals surface area contributed by atoms with Gasteiger partial charge < -0.3 is 53.9 Å². The number of nitriles is 1. The number of nitrogen functional groups attached to an aromatic ring is 4. The van der Waals surface area contributed by atoms with Crippen molar-refractivity contribution in [2.45, 2.75) is 109 Å². The van der Waals surface area contributed by atoms with Gasteiger partial charge in [0.2, 0.25) is 62.8 Å². The van der Waals surface area contributed by atoms with Gasteiger partial charge in [-0.2, -0.15) is 39.2 Å². The number of nitrogens with two attached hydrogens (primary N) is 4. The van der Waals surface area contributed by atoms with Crippen LogP contribution in [-0.2, 0) is 9.84 Å². The lowest BCUT2D eigenvalue weighted by Gasteiger charge is -2.06. The van der Waals surface area contributed by atoms with Gasteiger partial charge in [-0.3, -0.25) is 0 Å². The summed E-state index contributed by atoms with van der Waals surface area (Å²) in [5, 5.41) is 40.2. The highest BCUT2D eigenvalue weighted by Crippen LogP contribution is 2.25. The number of sulfone groups is 1. The number of anilines is 12. The predicted molar refractivity (Wildman–Crippen MR) is 512 cm³/mol. The highest BCUT2D eigenvalue weighted by atomic mass is 35.5. The molecule has 9 aromatic heterocycles. The molecular formula is C81H102Cl3N33O3S5. The molecule has 36 nitrogen and oxygen atoms in total. The lowest BCUT2D eigenvalue weighted by molar-refractivity contribution is 0.553. The molecule has 5 aromatic carbocycles. The number of aliphatic imine (C=N–C) groups is 1. The van der Waals surface area contributed by atoms with Crippen molar-refractivity contribution in [3.8, 4) is 29.4 Å². The van der Waals surface area contributed by atoms with Crippen LogP contribution in [0.2, 0.25) is 15.5 Å². The van der Waals surface area contributed by atoms with E-state index in [0.717, 1.165) is 51.9 Å². The Labute approximate surface area is 760 Å². The summed E-state index contributed by atoms with van der Waals surface area (Å²) in [5.74, 6) is 12.1. The van der Waals surface area contributed by atoms with Crippen molar-refractivity contribution in [2.75, 3.05) is 94.6 Å². The van der Waals surface area contributed by atoms with Gasteiger partial charge >= 0.3 is 0 Å². The number of benzene rings is 5. The van der Waals surface area contributed by atoms with Crippen molar-refractivity contribution in [1.82, 2.24) is 104 Å². The number of hydrazine groups is 1. The number of aromatic nitrogens is 21. The molecule has 0 radical (unpaired) electrons. The van der Waals surface area contributed by atoms with Gasteiger partial charge in [0.15, 0.2) is 38.1 Å². The molecule has 125 heavy (non-hydrogen) atoms. The molecule has 0 aliphatic heterocycles. The van der Waals surface area contributed by atoms with Crippen LogP contribution in [0.1, 0.15) is 83.9 Å². The van der Waals surface area contributed by atoms with E-state index in [2.05, 4.69) is 127 Å². The van der Waals surface area contributed by atoms with E-state index in [9.17, 15) is 8.42 Å². The van der Waals surface area contributed by atoms with E-state index in [4.69, 9.17) is 67.8 Å². The number of hydrogen-bond donors (Lipinski definition) is 10. The molecule has 0 unspecified atom stereocenters. The van der Waals surface area contributed by atoms with Crippen molar-refractivity contribution in [2.24, 2.45) is 10.8 Å². The maximum Gasteiger partial charge on any atom is 0.249 e. The predicted octanol–water partition coefficient (Wildman–Crippen LogP) is 17.5. The van der Waals surface area contributed by atoms with Gasteiger partial charge in [0.25, 0.3) is 0 Å². The van der Waals surface area contributed by atoms with Gasteiger partial charge in [-0.1, -0.05) is 228 Å². The number of halogens is 3. The Kier molecular flexibility index (Phi) is 47.7. The summed E-state index contributed by atoms with van der Waals surface area (Å²) in [6.45, 7) is 23.3. The van der Waals surface area contributed by atoms with Crippen molar-refractivity contribution >= 4 is 168 Å². The van der Waals surface area contributed by atoms with Crippen molar-refractivity contribution in [1.29, 1.82) is 5.26 Å². The summed E-state index contributed by atoms with van der Waals surface area (Å²) < 4.78 is 33.2. The van der Waals surface area contributed by atoms with Gasteiger partial charge in [0.05, 0.1) is 0 Å². The zero-order valence-corrected chi connectivity index (χ0v) is 78.7. The number of hydrogen-bond acceptors (Lipinski definition) is 37. The molecule has 0 spiro atoms. The number of ether oxygens (including phenoxy) is 1. The third kappa shape index (κ3) is 36.7. The second-order valence-corrected chi connectivity index (χ2v) is 29.1. The smallest absolute Gasteiger partial charge is 0.249 e. The Hall–Kier alpha value is -12.7. The molecule has 0 aliphatic rings. The Morgan fingerprint density at radius 3 is 1.14 bits per heavy atom. The minimum absolute atomic E-state index is 0.0750. The third-order valence-corrected chi connectivity index (χ3v) is 17.7. The number of thioether (sulfide) groups is 4. The minimum Gasteiger partial charge on any atom is -0.438 e. The van der Waals surface area contributed by atoms with Gasteiger partial charge in [0, 0.05) is 96.5 Å². The second-order valence-electron chi connectivity index (χ2n) is 22.9. The molecule has 0 saturated carbocycles. The summed E-state index contributed by atoms with van der Waals surface area (Å²) in [6, 6.07) is 57.4. The fourth-order valence-electron chi connectivity index (χ4n) is 9.09. The normalized spacial score (nSPS) is 10.0. The number of aryl methyl sites for hydroxylation is 4. The van der Waals surface area contributed by atoms with E-state index < -0.39 is 9.84 Å². The average Bonchev–Trinajstić information content (AvgIpc) is 1.72. The molecule has 14 N–H and O–H groups in total. The Morgan fingerprint density at radius 2 is 0.760 bits per heavy atom. The molecule has 14 rings (SSSR count). The summed E-state index contributed by atoms with van der Waals surface area (Å²) in [4.78, 5) is 65.6. The fourth-order valence-corrected chi connectivity index (χ4v) is 12.0. The number of para-hydroxylation sites is 4. The molecule has 0 aliphatic carbocycles. The quantitative estimate of drug-likeness (QED) is 0.00525. The lowest BCUT2D eigenvalue weighted by atomic mass is 10.2. The van der Waals surface area contributed by atoms with Crippen molar-refractivity contribution in [3.05, 3.63) is 232 Å². The molecule has 0 bridgehead atoms. The first-order chi connectivity index (χ1) is 60.3. The van der Waals surface area contributed by atoms with E-state index >= 15 is 0 Å². The van der Waals surface area contributed by atoms with Crippen LogP contribution in [0, 0.1) is 39.1 Å². The molecule has 14 aromatic rings. The van der Waals surface area contributed by atoms with E-state index in [1.165, 1.54) is 67.2 Å². The van der Waals surface area contributed by atoms with E-state index in [0.29, 0.717) is 88.6 Å². The first-order valence-corrected chi connectivity index (χ1v) is 46.0. The van der Waals surface area contributed by atoms with Crippen LogP contribution in [0.3, 0.4) is 0 Å².